The molecule has 2 aliphatic rings. The highest BCUT2D eigenvalue weighted by molar-refractivity contribution is 5.93. The van der Waals surface area contributed by atoms with E-state index < -0.39 is 0 Å². The maximum absolute atomic E-state index is 12.0. The topological polar surface area (TPSA) is 59.6 Å². The summed E-state index contributed by atoms with van der Waals surface area (Å²) in [4.78, 5) is 12.0. The van der Waals surface area contributed by atoms with Crippen LogP contribution in [0.4, 0.5) is 5.69 Å². The first-order valence-corrected chi connectivity index (χ1v) is 6.24. The van der Waals surface area contributed by atoms with Crippen molar-refractivity contribution in [2.75, 3.05) is 31.6 Å². The molecule has 1 aromatic carbocycles. The van der Waals surface area contributed by atoms with Gasteiger partial charge in [0.2, 0.25) is 5.91 Å². The summed E-state index contributed by atoms with van der Waals surface area (Å²) in [7, 11) is 0. The smallest absolute Gasteiger partial charge is 0.228 e. The van der Waals surface area contributed by atoms with Crippen molar-refractivity contribution >= 4 is 24.0 Å². The minimum absolute atomic E-state index is 0. The molecule has 104 valence electrons. The molecule has 1 aromatic rings. The number of nitrogens with one attached hydrogen (secondary N) is 2. The van der Waals surface area contributed by atoms with E-state index >= 15 is 0 Å². The van der Waals surface area contributed by atoms with Crippen molar-refractivity contribution in [3.63, 3.8) is 0 Å². The molecule has 1 saturated heterocycles. The third-order valence-corrected chi connectivity index (χ3v) is 3.24. The molecule has 0 spiro atoms. The number of anilines is 1. The number of hydrogen-bond donors (Lipinski definition) is 2. The first-order valence-electron chi connectivity index (χ1n) is 6.24. The van der Waals surface area contributed by atoms with Gasteiger partial charge in [-0.3, -0.25) is 4.79 Å². The lowest BCUT2D eigenvalue weighted by Gasteiger charge is -2.19. The first-order chi connectivity index (χ1) is 8.83. The molecule has 3 rings (SSSR count). The third kappa shape index (κ3) is 3.11. The molecule has 0 aliphatic carbocycles. The van der Waals surface area contributed by atoms with E-state index in [0.717, 1.165) is 30.9 Å². The van der Waals surface area contributed by atoms with Crippen LogP contribution in [-0.4, -0.2) is 32.2 Å². The van der Waals surface area contributed by atoms with E-state index in [2.05, 4.69) is 10.6 Å². The number of halogens is 1. The first kappa shape index (κ1) is 14.0. The van der Waals surface area contributed by atoms with Crippen LogP contribution in [0.5, 0.6) is 11.5 Å². The van der Waals surface area contributed by atoms with Gasteiger partial charge in [0.1, 0.15) is 13.2 Å². The lowest BCUT2D eigenvalue weighted by Crippen LogP contribution is -2.24. The van der Waals surface area contributed by atoms with Crippen LogP contribution in [0.1, 0.15) is 6.42 Å². The van der Waals surface area contributed by atoms with E-state index in [1.54, 1.807) is 0 Å². The number of rotatable bonds is 2. The summed E-state index contributed by atoms with van der Waals surface area (Å²) < 4.78 is 10.9. The zero-order valence-corrected chi connectivity index (χ0v) is 11.3. The predicted octanol–water partition coefficient (Wildman–Crippen LogP) is 1.43. The fourth-order valence-electron chi connectivity index (χ4n) is 2.24. The number of carbonyl (C=O) groups is 1. The summed E-state index contributed by atoms with van der Waals surface area (Å²) in [5.74, 6) is 1.57. The summed E-state index contributed by atoms with van der Waals surface area (Å²) >= 11 is 0. The highest BCUT2D eigenvalue weighted by atomic mass is 35.5. The fourth-order valence-corrected chi connectivity index (χ4v) is 2.24. The van der Waals surface area contributed by atoms with Gasteiger partial charge >= 0.3 is 0 Å². The van der Waals surface area contributed by atoms with E-state index in [1.807, 2.05) is 18.2 Å². The molecule has 1 amide bonds. The van der Waals surface area contributed by atoms with E-state index in [0.29, 0.717) is 19.0 Å². The van der Waals surface area contributed by atoms with Crippen molar-refractivity contribution in [2.24, 2.45) is 5.92 Å². The Hall–Kier alpha value is -1.46. The van der Waals surface area contributed by atoms with Gasteiger partial charge in [0.05, 0.1) is 5.92 Å². The standard InChI is InChI=1S/C13H16N2O3.ClH/c16-13(9-3-4-14-8-9)15-10-1-2-11-12(7-10)18-6-5-17-11;/h1-2,7,9,14H,3-6,8H2,(H,15,16);1H. The monoisotopic (exact) mass is 284 g/mol. The summed E-state index contributed by atoms with van der Waals surface area (Å²) in [5.41, 5.74) is 0.760. The zero-order chi connectivity index (χ0) is 12.4. The van der Waals surface area contributed by atoms with Crippen molar-refractivity contribution in [1.82, 2.24) is 5.32 Å². The molecule has 5 nitrogen and oxygen atoms in total. The Balaban J connectivity index is 0.00000133. The number of carbonyl (C=O) groups excluding carboxylic acids is 1. The van der Waals surface area contributed by atoms with Crippen LogP contribution in [-0.2, 0) is 4.79 Å². The minimum Gasteiger partial charge on any atom is -0.486 e. The second kappa shape index (κ2) is 6.12. The Labute approximate surface area is 118 Å². The van der Waals surface area contributed by atoms with Gasteiger partial charge in [-0.25, -0.2) is 0 Å². The van der Waals surface area contributed by atoms with Gasteiger partial charge in [0.25, 0.3) is 0 Å². The normalized spacial score (nSPS) is 20.5. The Morgan fingerprint density at radius 3 is 2.79 bits per heavy atom. The second-order valence-electron chi connectivity index (χ2n) is 4.54. The molecule has 0 saturated carbocycles. The van der Waals surface area contributed by atoms with E-state index in [4.69, 9.17) is 9.47 Å². The Morgan fingerprint density at radius 2 is 2.05 bits per heavy atom. The van der Waals surface area contributed by atoms with E-state index in [-0.39, 0.29) is 24.2 Å². The number of fused-ring (bicyclic) bond motifs is 1. The van der Waals surface area contributed by atoms with Crippen LogP contribution in [0.15, 0.2) is 18.2 Å². The quantitative estimate of drug-likeness (QED) is 0.862. The Kier molecular flexibility index (Phi) is 4.50. The van der Waals surface area contributed by atoms with Crippen molar-refractivity contribution in [3.8, 4) is 11.5 Å². The van der Waals surface area contributed by atoms with Crippen LogP contribution in [0.2, 0.25) is 0 Å². The molecule has 1 fully saturated rings. The van der Waals surface area contributed by atoms with E-state index in [9.17, 15) is 4.79 Å². The fraction of sp³-hybridized carbons (Fsp3) is 0.462. The maximum Gasteiger partial charge on any atom is 0.228 e. The van der Waals surface area contributed by atoms with E-state index in [1.165, 1.54) is 0 Å². The molecule has 0 bridgehead atoms. The molecule has 0 aromatic heterocycles. The number of hydrogen-bond acceptors (Lipinski definition) is 4. The molecular weight excluding hydrogens is 268 g/mol. The van der Waals surface area contributed by atoms with Crippen LogP contribution < -0.4 is 20.1 Å². The average molecular weight is 285 g/mol. The molecule has 19 heavy (non-hydrogen) atoms. The summed E-state index contributed by atoms with van der Waals surface area (Å²) in [5, 5.41) is 6.10. The van der Waals surface area contributed by atoms with Gasteiger partial charge in [-0.05, 0) is 25.1 Å². The lowest BCUT2D eigenvalue weighted by molar-refractivity contribution is -0.119. The predicted molar refractivity (Wildman–Crippen MR) is 74.3 cm³/mol. The van der Waals surface area contributed by atoms with Crippen LogP contribution in [0.3, 0.4) is 0 Å². The number of benzene rings is 1. The largest absolute Gasteiger partial charge is 0.486 e. The molecule has 1 unspecified atom stereocenters. The van der Waals surface area contributed by atoms with Crippen molar-refractivity contribution in [3.05, 3.63) is 18.2 Å². The van der Waals surface area contributed by atoms with Crippen molar-refractivity contribution in [1.29, 1.82) is 0 Å². The second-order valence-corrected chi connectivity index (χ2v) is 4.54. The molecule has 2 heterocycles. The lowest BCUT2D eigenvalue weighted by atomic mass is 10.1. The number of ether oxygens (including phenoxy) is 2. The summed E-state index contributed by atoms with van der Waals surface area (Å²) in [6.45, 7) is 2.80. The third-order valence-electron chi connectivity index (χ3n) is 3.24. The molecule has 6 heteroatoms. The molecule has 1 atom stereocenters. The minimum atomic E-state index is 0. The van der Waals surface area contributed by atoms with Gasteiger partial charge in [0.15, 0.2) is 11.5 Å². The SMILES string of the molecule is Cl.O=C(Nc1ccc2c(c1)OCCO2)C1CCNC1. The van der Waals surface area contributed by atoms with Gasteiger partial charge in [-0.15, -0.1) is 12.4 Å². The number of amides is 1. The van der Waals surface area contributed by atoms with Gasteiger partial charge < -0.3 is 20.1 Å². The van der Waals surface area contributed by atoms with Gasteiger partial charge in [-0.1, -0.05) is 0 Å². The average Bonchev–Trinajstić information content (AvgIpc) is 2.92. The molecule has 2 N–H and O–H groups in total. The van der Waals surface area contributed by atoms with Gasteiger partial charge in [-0.2, -0.15) is 0 Å². The molecule has 0 radical (unpaired) electrons. The maximum atomic E-state index is 12.0. The molecular formula is C13H17ClN2O3. The Morgan fingerprint density at radius 1 is 1.26 bits per heavy atom. The highest BCUT2D eigenvalue weighted by Gasteiger charge is 2.22. The van der Waals surface area contributed by atoms with Crippen LogP contribution >= 0.6 is 12.4 Å². The zero-order valence-electron chi connectivity index (χ0n) is 10.5. The highest BCUT2D eigenvalue weighted by Crippen LogP contribution is 2.32. The van der Waals surface area contributed by atoms with Crippen molar-refractivity contribution < 1.29 is 14.3 Å². The van der Waals surface area contributed by atoms with Crippen LogP contribution in [0.25, 0.3) is 0 Å². The van der Waals surface area contributed by atoms with Crippen molar-refractivity contribution in [2.45, 2.75) is 6.42 Å². The summed E-state index contributed by atoms with van der Waals surface area (Å²) in [6, 6.07) is 5.49. The summed E-state index contributed by atoms with van der Waals surface area (Å²) in [6.07, 6.45) is 0.899. The molecule has 2 aliphatic heterocycles. The Bertz CT molecular complexity index is 461. The van der Waals surface area contributed by atoms with Crippen LogP contribution in [0, 0.1) is 5.92 Å². The van der Waals surface area contributed by atoms with Gasteiger partial charge in [0, 0.05) is 18.3 Å².